The Kier molecular flexibility index (Phi) is 5.92. The lowest BCUT2D eigenvalue weighted by atomic mass is 10.0. The molecule has 0 amide bonds. The maximum atomic E-state index is 8.66. The summed E-state index contributed by atoms with van der Waals surface area (Å²) in [5.41, 5.74) is 0. The molecule has 0 saturated carbocycles. The van der Waals surface area contributed by atoms with Gasteiger partial charge in [0, 0.05) is 25.8 Å². The molecule has 0 aromatic rings. The Morgan fingerprint density at radius 2 is 2.32 bits per heavy atom. The molecule has 5 heteroatoms. The first-order valence-electron chi connectivity index (χ1n) is 7.92. The first kappa shape index (κ1) is 13.8. The van der Waals surface area contributed by atoms with Crippen molar-refractivity contribution in [2.24, 2.45) is 5.92 Å². The van der Waals surface area contributed by atoms with E-state index in [1.807, 2.05) is 0 Å². The highest BCUT2D eigenvalue weighted by Gasteiger charge is 2.32. The third-order valence-corrected chi connectivity index (χ3v) is 6.13. The molecular formula is C14H25N2O2P. The number of nitriles is 1. The van der Waals surface area contributed by atoms with Gasteiger partial charge in [0.1, 0.15) is 8.30 Å². The molecule has 2 fully saturated rings. The zero-order valence-electron chi connectivity index (χ0n) is 12.8. The number of nitrogens with zero attached hydrogens (tertiary/aromatic N) is 2. The number of hydrogen-bond acceptors (Lipinski definition) is 4. The van der Waals surface area contributed by atoms with Gasteiger partial charge in [0.25, 0.3) is 0 Å². The summed E-state index contributed by atoms with van der Waals surface area (Å²) in [6.07, 6.45) is 5.97. The molecule has 4 atom stereocenters. The van der Waals surface area contributed by atoms with Gasteiger partial charge in [-0.1, -0.05) is 6.92 Å². The van der Waals surface area contributed by atoms with Crippen LogP contribution in [-0.4, -0.2) is 43.2 Å². The van der Waals surface area contributed by atoms with E-state index in [1.54, 1.807) is 0 Å². The van der Waals surface area contributed by atoms with Crippen LogP contribution in [0.4, 0.5) is 0 Å². The Labute approximate surface area is 119 Å². The molecular weight excluding hydrogens is 259 g/mol. The van der Waals surface area contributed by atoms with Gasteiger partial charge in [-0.3, -0.25) is 4.67 Å². The molecule has 4 nitrogen and oxygen atoms in total. The van der Waals surface area contributed by atoms with Crippen LogP contribution >= 0.6 is 8.30 Å². The van der Waals surface area contributed by atoms with Gasteiger partial charge < -0.3 is 9.26 Å². The SMILES string of the molecule is [3H]C1C[C@H](CP(OCCC#N)N2CCCC2)[C@@H](CC)O1. The Bertz CT molecular complexity index is 334. The van der Waals surface area contributed by atoms with Gasteiger partial charge in [-0.15, -0.1) is 0 Å². The van der Waals surface area contributed by atoms with Crippen LogP contribution in [0.5, 0.6) is 0 Å². The standard InChI is InChI=1S/C14H25N2O2P/c1-2-14-13(6-11-17-14)12-19(18-10-5-7-15)16-8-3-4-9-16/h13-14H,2-6,8-12H2,1H3/t13-,14-,19?/m1/s1/i11T/t11?,13-,14-,19?. The second-order valence-electron chi connectivity index (χ2n) is 5.18. The summed E-state index contributed by atoms with van der Waals surface area (Å²) in [5, 5.41) is 8.66. The van der Waals surface area contributed by atoms with Gasteiger partial charge in [0.15, 0.2) is 0 Å². The summed E-state index contributed by atoms with van der Waals surface area (Å²) in [4.78, 5) is 0. The summed E-state index contributed by atoms with van der Waals surface area (Å²) in [5.74, 6) is 0.441. The fraction of sp³-hybridized carbons (Fsp3) is 0.929. The van der Waals surface area contributed by atoms with E-state index in [0.717, 1.165) is 32.1 Å². The van der Waals surface area contributed by atoms with Gasteiger partial charge in [0.05, 0.1) is 26.6 Å². The van der Waals surface area contributed by atoms with Crippen molar-refractivity contribution in [3.63, 3.8) is 0 Å². The second-order valence-corrected chi connectivity index (χ2v) is 7.08. The number of rotatable bonds is 7. The minimum Gasteiger partial charge on any atom is -0.378 e. The molecule has 2 aliphatic rings. The Morgan fingerprint density at radius 1 is 1.53 bits per heavy atom. The lowest BCUT2D eigenvalue weighted by Gasteiger charge is -2.30. The zero-order chi connectivity index (χ0) is 14.4. The molecule has 0 aliphatic carbocycles. The van der Waals surface area contributed by atoms with Gasteiger partial charge in [0.2, 0.25) is 0 Å². The molecule has 2 rings (SSSR count). The van der Waals surface area contributed by atoms with E-state index in [4.69, 9.17) is 15.9 Å². The first-order valence-corrected chi connectivity index (χ1v) is 8.74. The van der Waals surface area contributed by atoms with Crippen molar-refractivity contribution >= 4 is 8.30 Å². The van der Waals surface area contributed by atoms with Crippen LogP contribution in [0.1, 0.15) is 40.4 Å². The van der Waals surface area contributed by atoms with Gasteiger partial charge >= 0.3 is 0 Å². The lowest BCUT2D eigenvalue weighted by Crippen LogP contribution is -2.24. The molecule has 108 valence electrons. The van der Waals surface area contributed by atoms with E-state index < -0.39 is 8.30 Å². The second kappa shape index (κ2) is 8.17. The topological polar surface area (TPSA) is 45.5 Å². The molecule has 0 spiro atoms. The number of ether oxygens (including phenoxy) is 1. The van der Waals surface area contributed by atoms with Crippen molar-refractivity contribution in [1.29, 1.82) is 5.26 Å². The molecule has 0 radical (unpaired) electrons. The molecule has 2 saturated heterocycles. The van der Waals surface area contributed by atoms with Crippen LogP contribution in [0.2, 0.25) is 0 Å². The smallest absolute Gasteiger partial charge is 0.104 e. The Hall–Kier alpha value is -0.200. The lowest BCUT2D eigenvalue weighted by molar-refractivity contribution is 0.0911. The monoisotopic (exact) mass is 286 g/mol. The molecule has 19 heavy (non-hydrogen) atoms. The zero-order valence-corrected chi connectivity index (χ0v) is 12.6. The van der Waals surface area contributed by atoms with Gasteiger partial charge in [-0.2, -0.15) is 5.26 Å². The summed E-state index contributed by atoms with van der Waals surface area (Å²) < 4.78 is 21.9. The van der Waals surface area contributed by atoms with E-state index in [0.29, 0.717) is 18.9 Å². The quantitative estimate of drug-likeness (QED) is 0.533. The molecule has 0 bridgehead atoms. The third-order valence-electron chi connectivity index (χ3n) is 3.84. The van der Waals surface area contributed by atoms with Crippen LogP contribution in [0.15, 0.2) is 0 Å². The predicted octanol–water partition coefficient (Wildman–Crippen LogP) is 3.14. The van der Waals surface area contributed by atoms with Crippen molar-refractivity contribution < 1.29 is 10.6 Å². The van der Waals surface area contributed by atoms with Crippen molar-refractivity contribution in [2.45, 2.75) is 45.1 Å². The fourth-order valence-electron chi connectivity index (χ4n) is 2.76. The maximum absolute atomic E-state index is 8.66. The van der Waals surface area contributed by atoms with Crippen LogP contribution in [0, 0.1) is 17.2 Å². The molecule has 0 aromatic heterocycles. The Morgan fingerprint density at radius 3 is 3.00 bits per heavy atom. The van der Waals surface area contributed by atoms with Crippen LogP contribution in [0.3, 0.4) is 0 Å². The van der Waals surface area contributed by atoms with Crippen molar-refractivity contribution in [3.05, 3.63) is 0 Å². The van der Waals surface area contributed by atoms with Gasteiger partial charge in [-0.05, 0) is 31.6 Å². The molecule has 2 heterocycles. The maximum Gasteiger partial charge on any atom is 0.104 e. The fourth-order valence-corrected chi connectivity index (χ4v) is 5.07. The number of hydrogen-bond donors (Lipinski definition) is 0. The van der Waals surface area contributed by atoms with Crippen LogP contribution in [-0.2, 0) is 9.26 Å². The molecule has 0 aromatic carbocycles. The summed E-state index contributed by atoms with van der Waals surface area (Å²) in [7, 11) is -0.617. The average Bonchev–Trinajstić information content (AvgIpc) is 3.07. The molecule has 2 aliphatic heterocycles. The first-order chi connectivity index (χ1) is 9.74. The highest BCUT2D eigenvalue weighted by Crippen LogP contribution is 2.47. The van der Waals surface area contributed by atoms with E-state index in [9.17, 15) is 0 Å². The van der Waals surface area contributed by atoms with Crippen molar-refractivity contribution in [2.75, 3.05) is 32.4 Å². The minimum absolute atomic E-state index is 0.213. The van der Waals surface area contributed by atoms with Crippen molar-refractivity contribution in [1.82, 2.24) is 4.67 Å². The van der Waals surface area contributed by atoms with Crippen LogP contribution < -0.4 is 0 Å². The van der Waals surface area contributed by atoms with Crippen LogP contribution in [0.25, 0.3) is 0 Å². The van der Waals surface area contributed by atoms with E-state index >= 15 is 0 Å². The predicted molar refractivity (Wildman–Crippen MR) is 76.9 cm³/mol. The van der Waals surface area contributed by atoms with E-state index in [-0.39, 0.29) is 12.7 Å². The van der Waals surface area contributed by atoms with E-state index in [2.05, 4.69) is 17.7 Å². The molecule has 0 N–H and O–H groups in total. The summed E-state index contributed by atoms with van der Waals surface area (Å²) in [6.45, 7) is 4.54. The summed E-state index contributed by atoms with van der Waals surface area (Å²) >= 11 is 0. The normalized spacial score (nSPS) is 34.1. The third kappa shape index (κ3) is 4.39. The van der Waals surface area contributed by atoms with E-state index in [1.165, 1.54) is 12.8 Å². The minimum atomic E-state index is -0.617. The average molecular weight is 286 g/mol. The van der Waals surface area contributed by atoms with Gasteiger partial charge in [-0.25, -0.2) is 0 Å². The summed E-state index contributed by atoms with van der Waals surface area (Å²) in [6, 6.07) is 2.15. The Balaban J connectivity index is 1.90. The largest absolute Gasteiger partial charge is 0.378 e. The highest BCUT2D eigenvalue weighted by molar-refractivity contribution is 7.50. The van der Waals surface area contributed by atoms with Crippen molar-refractivity contribution in [3.8, 4) is 6.07 Å². The molecule has 2 unspecified atom stereocenters. The highest BCUT2D eigenvalue weighted by atomic mass is 31.2.